The standard InChI is InChI=1S/C20H16N4O4S/c1-28-15-8-6-13(7-9-15)17-11-23-14(12-29-20(23)22-17)10-19(25)21-16-4-2-3-5-18(16)24(26)27/h2-9,11-12H,10H2,1H3,(H,21,25). The van der Waals surface area contributed by atoms with Crippen LogP contribution in [0.3, 0.4) is 0 Å². The normalized spacial score (nSPS) is 10.8. The Kier molecular flexibility index (Phi) is 4.96. The number of thiazole rings is 1. The lowest BCUT2D eigenvalue weighted by atomic mass is 10.2. The Morgan fingerprint density at radius 3 is 2.72 bits per heavy atom. The van der Waals surface area contributed by atoms with Gasteiger partial charge in [-0.25, -0.2) is 4.98 Å². The predicted octanol–water partition coefficient (Wildman–Crippen LogP) is 4.16. The van der Waals surface area contributed by atoms with Gasteiger partial charge in [-0.2, -0.15) is 0 Å². The van der Waals surface area contributed by atoms with E-state index in [0.717, 1.165) is 27.7 Å². The average molecular weight is 408 g/mol. The number of rotatable bonds is 6. The largest absolute Gasteiger partial charge is 0.497 e. The zero-order chi connectivity index (χ0) is 20.4. The first kappa shape index (κ1) is 18.6. The van der Waals surface area contributed by atoms with Crippen molar-refractivity contribution in [3.63, 3.8) is 0 Å². The van der Waals surface area contributed by atoms with Crippen molar-refractivity contribution >= 4 is 33.6 Å². The molecule has 0 spiro atoms. The number of ether oxygens (including phenoxy) is 1. The molecule has 0 saturated heterocycles. The van der Waals surface area contributed by atoms with Gasteiger partial charge in [-0.3, -0.25) is 19.3 Å². The fraction of sp³-hybridized carbons (Fsp3) is 0.100. The monoisotopic (exact) mass is 408 g/mol. The summed E-state index contributed by atoms with van der Waals surface area (Å²) >= 11 is 1.43. The van der Waals surface area contributed by atoms with Gasteiger partial charge in [0.15, 0.2) is 4.96 Å². The number of methoxy groups -OCH3 is 1. The van der Waals surface area contributed by atoms with Crippen molar-refractivity contribution in [1.82, 2.24) is 9.38 Å². The van der Waals surface area contributed by atoms with E-state index in [4.69, 9.17) is 4.74 Å². The van der Waals surface area contributed by atoms with Crippen LogP contribution in [0.4, 0.5) is 11.4 Å². The van der Waals surface area contributed by atoms with Crippen molar-refractivity contribution in [1.29, 1.82) is 0 Å². The van der Waals surface area contributed by atoms with Gasteiger partial charge in [-0.05, 0) is 30.3 Å². The first-order chi connectivity index (χ1) is 14.0. The number of imidazole rings is 1. The van der Waals surface area contributed by atoms with Crippen LogP contribution in [0.1, 0.15) is 5.69 Å². The van der Waals surface area contributed by atoms with Gasteiger partial charge in [0.25, 0.3) is 5.69 Å². The lowest BCUT2D eigenvalue weighted by molar-refractivity contribution is -0.383. The second-order valence-electron chi connectivity index (χ2n) is 6.23. The first-order valence-electron chi connectivity index (χ1n) is 8.68. The minimum Gasteiger partial charge on any atom is -0.497 e. The summed E-state index contributed by atoms with van der Waals surface area (Å²) in [6.45, 7) is 0. The van der Waals surface area contributed by atoms with Gasteiger partial charge in [-0.1, -0.05) is 12.1 Å². The Bertz CT molecular complexity index is 1200. The molecule has 2 aromatic carbocycles. The predicted molar refractivity (Wildman–Crippen MR) is 110 cm³/mol. The molecule has 2 heterocycles. The van der Waals surface area contributed by atoms with Crippen LogP contribution in [-0.4, -0.2) is 27.3 Å². The smallest absolute Gasteiger partial charge is 0.292 e. The summed E-state index contributed by atoms with van der Waals surface area (Å²) in [5.74, 6) is 0.431. The van der Waals surface area contributed by atoms with Gasteiger partial charge in [-0.15, -0.1) is 11.3 Å². The Labute approximate surface area is 169 Å². The molecule has 0 bridgehead atoms. The van der Waals surface area contributed by atoms with E-state index in [1.54, 1.807) is 19.2 Å². The molecule has 29 heavy (non-hydrogen) atoms. The number of aromatic nitrogens is 2. The molecule has 1 N–H and O–H groups in total. The second kappa shape index (κ2) is 7.72. The molecule has 2 aromatic heterocycles. The number of carbonyl (C=O) groups is 1. The van der Waals surface area contributed by atoms with E-state index in [0.29, 0.717) is 0 Å². The number of hydrogen-bond donors (Lipinski definition) is 1. The van der Waals surface area contributed by atoms with Gasteiger partial charge < -0.3 is 10.1 Å². The number of para-hydroxylation sites is 2. The Morgan fingerprint density at radius 2 is 2.00 bits per heavy atom. The third kappa shape index (κ3) is 3.81. The molecule has 9 heteroatoms. The summed E-state index contributed by atoms with van der Waals surface area (Å²) in [6, 6.07) is 13.6. The number of hydrogen-bond acceptors (Lipinski definition) is 6. The first-order valence-corrected chi connectivity index (χ1v) is 9.56. The average Bonchev–Trinajstić information content (AvgIpc) is 3.30. The van der Waals surface area contributed by atoms with Gasteiger partial charge >= 0.3 is 0 Å². The van der Waals surface area contributed by atoms with Gasteiger partial charge in [0.2, 0.25) is 5.91 Å². The van der Waals surface area contributed by atoms with Crippen LogP contribution < -0.4 is 10.1 Å². The number of nitrogens with one attached hydrogen (secondary N) is 1. The molecule has 1 amide bonds. The molecule has 0 fully saturated rings. The van der Waals surface area contributed by atoms with E-state index in [1.807, 2.05) is 40.2 Å². The van der Waals surface area contributed by atoms with E-state index >= 15 is 0 Å². The summed E-state index contributed by atoms with van der Waals surface area (Å²) in [5.41, 5.74) is 2.53. The summed E-state index contributed by atoms with van der Waals surface area (Å²) < 4.78 is 7.04. The SMILES string of the molecule is COc1ccc(-c2cn3c(CC(=O)Nc4ccccc4[N+](=O)[O-])csc3n2)cc1. The molecule has 146 valence electrons. The van der Waals surface area contributed by atoms with Crippen LogP contribution in [0, 0.1) is 10.1 Å². The van der Waals surface area contributed by atoms with E-state index in [9.17, 15) is 14.9 Å². The number of amides is 1. The molecule has 0 saturated carbocycles. The Hall–Kier alpha value is -3.72. The van der Waals surface area contributed by atoms with Crippen molar-refractivity contribution < 1.29 is 14.5 Å². The molecule has 0 aliphatic carbocycles. The van der Waals surface area contributed by atoms with Crippen LogP contribution in [0.5, 0.6) is 5.75 Å². The van der Waals surface area contributed by atoms with E-state index < -0.39 is 4.92 Å². The van der Waals surface area contributed by atoms with Crippen LogP contribution in [0.15, 0.2) is 60.1 Å². The minimum absolute atomic E-state index is 0.0739. The number of carbonyl (C=O) groups excluding carboxylic acids is 1. The van der Waals surface area contributed by atoms with Crippen molar-refractivity contribution in [2.45, 2.75) is 6.42 Å². The Morgan fingerprint density at radius 1 is 1.24 bits per heavy atom. The number of anilines is 1. The second-order valence-corrected chi connectivity index (χ2v) is 7.07. The van der Waals surface area contributed by atoms with Crippen molar-refractivity contribution in [2.75, 3.05) is 12.4 Å². The zero-order valence-corrected chi connectivity index (χ0v) is 16.2. The molecule has 0 aliphatic heterocycles. The molecular formula is C20H16N4O4S. The number of benzene rings is 2. The third-order valence-corrected chi connectivity index (χ3v) is 5.27. The molecule has 0 radical (unpaired) electrons. The minimum atomic E-state index is -0.518. The lowest BCUT2D eigenvalue weighted by Crippen LogP contribution is -2.16. The molecule has 0 atom stereocenters. The summed E-state index contributed by atoms with van der Waals surface area (Å²) in [7, 11) is 1.61. The maximum absolute atomic E-state index is 12.5. The maximum atomic E-state index is 12.5. The number of nitro groups is 1. The molecular weight excluding hydrogens is 392 g/mol. The lowest BCUT2D eigenvalue weighted by Gasteiger charge is -2.05. The van der Waals surface area contributed by atoms with Crippen molar-refractivity contribution in [3.05, 3.63) is 75.9 Å². The molecule has 8 nitrogen and oxygen atoms in total. The highest BCUT2D eigenvalue weighted by Gasteiger charge is 2.17. The number of fused-ring (bicyclic) bond motifs is 1. The van der Waals surface area contributed by atoms with Gasteiger partial charge in [0.05, 0.1) is 24.1 Å². The molecule has 4 rings (SSSR count). The van der Waals surface area contributed by atoms with Crippen LogP contribution in [0.2, 0.25) is 0 Å². The summed E-state index contributed by atoms with van der Waals surface area (Å²) in [6.07, 6.45) is 1.95. The Balaban J connectivity index is 1.55. The fourth-order valence-electron chi connectivity index (χ4n) is 2.95. The maximum Gasteiger partial charge on any atom is 0.292 e. The van der Waals surface area contributed by atoms with E-state index in [1.165, 1.54) is 23.5 Å². The fourth-order valence-corrected chi connectivity index (χ4v) is 3.83. The van der Waals surface area contributed by atoms with Crippen LogP contribution >= 0.6 is 11.3 Å². The van der Waals surface area contributed by atoms with Crippen LogP contribution in [0.25, 0.3) is 16.2 Å². The van der Waals surface area contributed by atoms with Gasteiger partial charge in [0.1, 0.15) is 11.4 Å². The number of nitrogens with zero attached hydrogens (tertiary/aromatic N) is 3. The zero-order valence-electron chi connectivity index (χ0n) is 15.4. The van der Waals surface area contributed by atoms with E-state index in [-0.39, 0.29) is 23.7 Å². The molecule has 0 unspecified atom stereocenters. The molecule has 4 aromatic rings. The highest BCUT2D eigenvalue weighted by molar-refractivity contribution is 7.15. The highest BCUT2D eigenvalue weighted by Crippen LogP contribution is 2.26. The summed E-state index contributed by atoms with van der Waals surface area (Å²) in [4.78, 5) is 28.4. The van der Waals surface area contributed by atoms with Crippen molar-refractivity contribution in [2.24, 2.45) is 0 Å². The molecule has 0 aliphatic rings. The van der Waals surface area contributed by atoms with Crippen molar-refractivity contribution in [3.8, 4) is 17.0 Å². The number of nitro benzene ring substituents is 1. The van der Waals surface area contributed by atoms with Crippen LogP contribution in [-0.2, 0) is 11.2 Å². The third-order valence-electron chi connectivity index (χ3n) is 4.39. The highest BCUT2D eigenvalue weighted by atomic mass is 32.1. The topological polar surface area (TPSA) is 98.8 Å². The van der Waals surface area contributed by atoms with E-state index in [2.05, 4.69) is 10.3 Å². The quantitative estimate of drug-likeness (QED) is 0.381. The van der Waals surface area contributed by atoms with Gasteiger partial charge in [0, 0.05) is 28.9 Å². The summed E-state index contributed by atoms with van der Waals surface area (Å²) in [5, 5.41) is 15.6.